The molecule has 0 aliphatic carbocycles. The minimum atomic E-state index is -0.0370. The van der Waals surface area contributed by atoms with E-state index in [0.29, 0.717) is 16.4 Å². The Hall–Kier alpha value is -1.31. The summed E-state index contributed by atoms with van der Waals surface area (Å²) in [5, 5.41) is 15.9. The molecule has 0 amide bonds. The van der Waals surface area contributed by atoms with E-state index < -0.39 is 0 Å². The summed E-state index contributed by atoms with van der Waals surface area (Å²) >= 11 is 6.08. The molecule has 4 nitrogen and oxygen atoms in total. The van der Waals surface area contributed by atoms with Crippen LogP contribution in [0.1, 0.15) is 18.9 Å². The summed E-state index contributed by atoms with van der Waals surface area (Å²) in [4.78, 5) is 4.17. The van der Waals surface area contributed by atoms with Gasteiger partial charge in [-0.05, 0) is 26.0 Å². The Kier molecular flexibility index (Phi) is 2.99. The van der Waals surface area contributed by atoms with Crippen LogP contribution < -0.4 is 10.6 Å². The van der Waals surface area contributed by atoms with Crippen LogP contribution in [0, 0.1) is 11.3 Å². The molecule has 2 N–H and O–H groups in total. The van der Waals surface area contributed by atoms with E-state index in [1.54, 1.807) is 12.3 Å². The maximum Gasteiger partial charge on any atom is 0.146 e. The molecule has 1 unspecified atom stereocenters. The molecule has 1 aliphatic heterocycles. The lowest BCUT2D eigenvalue weighted by Crippen LogP contribution is -2.37. The van der Waals surface area contributed by atoms with Crippen LogP contribution in [-0.4, -0.2) is 23.6 Å². The number of hydrogen-bond donors (Lipinski definition) is 2. The van der Waals surface area contributed by atoms with Gasteiger partial charge < -0.3 is 10.6 Å². The first kappa shape index (κ1) is 11.2. The van der Waals surface area contributed by atoms with Gasteiger partial charge in [-0.15, -0.1) is 0 Å². The van der Waals surface area contributed by atoms with Crippen molar-refractivity contribution >= 4 is 17.4 Å². The third kappa shape index (κ3) is 2.11. The summed E-state index contributed by atoms with van der Waals surface area (Å²) in [5.41, 5.74) is 0.416. The van der Waals surface area contributed by atoms with Gasteiger partial charge in [0.15, 0.2) is 0 Å². The van der Waals surface area contributed by atoms with Crippen molar-refractivity contribution in [1.29, 1.82) is 5.26 Å². The molecule has 0 bridgehead atoms. The maximum atomic E-state index is 8.87. The van der Waals surface area contributed by atoms with Crippen molar-refractivity contribution in [3.05, 3.63) is 22.8 Å². The zero-order valence-corrected chi connectivity index (χ0v) is 9.80. The second kappa shape index (κ2) is 4.28. The van der Waals surface area contributed by atoms with Crippen LogP contribution in [0.2, 0.25) is 5.02 Å². The Balaban J connectivity index is 2.25. The van der Waals surface area contributed by atoms with Crippen LogP contribution >= 0.6 is 11.6 Å². The second-order valence-electron chi connectivity index (χ2n) is 4.25. The van der Waals surface area contributed by atoms with Crippen molar-refractivity contribution in [3.8, 4) is 6.07 Å². The molecule has 2 heterocycles. The van der Waals surface area contributed by atoms with Gasteiger partial charge in [0.25, 0.3) is 0 Å². The number of nitrogens with zero attached hydrogens (tertiary/aromatic N) is 2. The lowest BCUT2D eigenvalue weighted by molar-refractivity contribution is 0.564. The van der Waals surface area contributed by atoms with Gasteiger partial charge in [-0.25, -0.2) is 4.98 Å². The minimum Gasteiger partial charge on any atom is -0.362 e. The summed E-state index contributed by atoms with van der Waals surface area (Å²) in [5.74, 6) is 0.590. The third-order valence-electron chi connectivity index (χ3n) is 2.80. The number of halogens is 1. The van der Waals surface area contributed by atoms with E-state index in [-0.39, 0.29) is 5.54 Å². The highest BCUT2D eigenvalue weighted by molar-refractivity contribution is 6.34. The number of hydrogen-bond acceptors (Lipinski definition) is 4. The lowest BCUT2D eigenvalue weighted by atomic mass is 10.0. The lowest BCUT2D eigenvalue weighted by Gasteiger charge is -2.25. The van der Waals surface area contributed by atoms with E-state index in [9.17, 15) is 0 Å². The van der Waals surface area contributed by atoms with E-state index in [1.807, 2.05) is 6.07 Å². The van der Waals surface area contributed by atoms with Crippen LogP contribution in [0.15, 0.2) is 12.3 Å². The van der Waals surface area contributed by atoms with Crippen LogP contribution in [0.3, 0.4) is 0 Å². The first-order chi connectivity index (χ1) is 7.64. The molecule has 0 spiro atoms. The summed E-state index contributed by atoms with van der Waals surface area (Å²) in [6.07, 6.45) is 2.61. The topological polar surface area (TPSA) is 60.7 Å². The Morgan fingerprint density at radius 1 is 1.69 bits per heavy atom. The monoisotopic (exact) mass is 236 g/mol. The minimum absolute atomic E-state index is 0.0370. The van der Waals surface area contributed by atoms with Crippen molar-refractivity contribution in [1.82, 2.24) is 10.3 Å². The Bertz CT molecular complexity index is 432. The number of anilines is 1. The molecule has 1 aromatic rings. The SMILES string of the molecule is CC1(Nc2nccc(C#N)c2Cl)CCNC1. The first-order valence-electron chi connectivity index (χ1n) is 5.18. The quantitative estimate of drug-likeness (QED) is 0.822. The predicted molar refractivity (Wildman–Crippen MR) is 63.5 cm³/mol. The molecule has 1 aliphatic rings. The molecule has 1 fully saturated rings. The molecule has 0 aromatic carbocycles. The van der Waals surface area contributed by atoms with Crippen LogP contribution in [-0.2, 0) is 0 Å². The number of rotatable bonds is 2. The van der Waals surface area contributed by atoms with Gasteiger partial charge in [0.05, 0.1) is 5.56 Å². The van der Waals surface area contributed by atoms with Gasteiger partial charge in [-0.2, -0.15) is 5.26 Å². The molecule has 1 saturated heterocycles. The zero-order valence-electron chi connectivity index (χ0n) is 9.05. The molecule has 5 heteroatoms. The highest BCUT2D eigenvalue weighted by Crippen LogP contribution is 2.27. The summed E-state index contributed by atoms with van der Waals surface area (Å²) in [6, 6.07) is 3.66. The zero-order chi connectivity index (χ0) is 11.6. The van der Waals surface area contributed by atoms with Crippen molar-refractivity contribution in [2.45, 2.75) is 18.9 Å². The normalized spacial score (nSPS) is 24.1. The van der Waals surface area contributed by atoms with E-state index in [0.717, 1.165) is 19.5 Å². The molecule has 0 radical (unpaired) electrons. The fourth-order valence-electron chi connectivity index (χ4n) is 1.83. The Morgan fingerprint density at radius 2 is 2.50 bits per heavy atom. The van der Waals surface area contributed by atoms with Crippen molar-refractivity contribution in [2.24, 2.45) is 0 Å². The van der Waals surface area contributed by atoms with Crippen LogP contribution in [0.5, 0.6) is 0 Å². The highest BCUT2D eigenvalue weighted by atomic mass is 35.5. The molecule has 1 atom stereocenters. The van der Waals surface area contributed by atoms with Gasteiger partial charge in [-0.1, -0.05) is 11.6 Å². The Labute approximate surface area is 99.6 Å². The predicted octanol–water partition coefficient (Wildman–Crippen LogP) is 1.77. The smallest absolute Gasteiger partial charge is 0.146 e. The van der Waals surface area contributed by atoms with Gasteiger partial charge in [0, 0.05) is 18.3 Å². The molecule has 0 saturated carbocycles. The Morgan fingerprint density at radius 3 is 3.12 bits per heavy atom. The number of aromatic nitrogens is 1. The average Bonchev–Trinajstić information content (AvgIpc) is 2.68. The van der Waals surface area contributed by atoms with E-state index in [1.165, 1.54) is 0 Å². The summed E-state index contributed by atoms with van der Waals surface area (Å²) in [6.45, 7) is 3.98. The second-order valence-corrected chi connectivity index (χ2v) is 4.62. The van der Waals surface area contributed by atoms with Crippen LogP contribution in [0.4, 0.5) is 5.82 Å². The van der Waals surface area contributed by atoms with Crippen molar-refractivity contribution in [2.75, 3.05) is 18.4 Å². The van der Waals surface area contributed by atoms with Gasteiger partial charge >= 0.3 is 0 Å². The average molecular weight is 237 g/mol. The fourth-order valence-corrected chi connectivity index (χ4v) is 2.03. The number of nitrogens with one attached hydrogen (secondary N) is 2. The molecule has 16 heavy (non-hydrogen) atoms. The third-order valence-corrected chi connectivity index (χ3v) is 3.18. The molecular weight excluding hydrogens is 224 g/mol. The van der Waals surface area contributed by atoms with E-state index in [4.69, 9.17) is 16.9 Å². The van der Waals surface area contributed by atoms with Crippen LogP contribution in [0.25, 0.3) is 0 Å². The van der Waals surface area contributed by atoms with E-state index >= 15 is 0 Å². The molecular formula is C11H13ClN4. The summed E-state index contributed by atoms with van der Waals surface area (Å²) < 4.78 is 0. The summed E-state index contributed by atoms with van der Waals surface area (Å²) in [7, 11) is 0. The van der Waals surface area contributed by atoms with Gasteiger partial charge in [0.2, 0.25) is 0 Å². The molecule has 84 valence electrons. The number of nitriles is 1. The number of pyridine rings is 1. The van der Waals surface area contributed by atoms with Crippen molar-refractivity contribution in [3.63, 3.8) is 0 Å². The standard InChI is InChI=1S/C11H13ClN4/c1-11(3-5-14-7-11)16-10-9(12)8(6-13)2-4-15-10/h2,4,14H,3,5,7H2,1H3,(H,15,16). The first-order valence-corrected chi connectivity index (χ1v) is 5.56. The molecule has 2 rings (SSSR count). The maximum absolute atomic E-state index is 8.87. The fraction of sp³-hybridized carbons (Fsp3) is 0.455. The van der Waals surface area contributed by atoms with Crippen molar-refractivity contribution < 1.29 is 0 Å². The van der Waals surface area contributed by atoms with E-state index in [2.05, 4.69) is 22.5 Å². The van der Waals surface area contributed by atoms with Gasteiger partial charge in [-0.3, -0.25) is 0 Å². The highest BCUT2D eigenvalue weighted by Gasteiger charge is 2.29. The largest absolute Gasteiger partial charge is 0.362 e. The molecule has 1 aromatic heterocycles. The van der Waals surface area contributed by atoms with Gasteiger partial charge in [0.1, 0.15) is 16.9 Å².